The number of hydrogen-bond donors (Lipinski definition) is 1. The second-order valence-electron chi connectivity index (χ2n) is 11.5. The van der Waals surface area contributed by atoms with Crippen molar-refractivity contribution in [1.82, 2.24) is 25.1 Å². The third-order valence-corrected chi connectivity index (χ3v) is 6.93. The van der Waals surface area contributed by atoms with Crippen LogP contribution in [0.15, 0.2) is 60.9 Å². The van der Waals surface area contributed by atoms with Crippen LogP contribution in [0.4, 0.5) is 13.2 Å². The summed E-state index contributed by atoms with van der Waals surface area (Å²) in [6, 6.07) is 12.7. The van der Waals surface area contributed by atoms with Crippen LogP contribution in [-0.2, 0) is 23.9 Å². The quantitative estimate of drug-likeness (QED) is 0.237. The first-order valence-electron chi connectivity index (χ1n) is 14.2. The van der Waals surface area contributed by atoms with E-state index < -0.39 is 35.5 Å². The van der Waals surface area contributed by atoms with Crippen LogP contribution in [0.3, 0.4) is 0 Å². The van der Waals surface area contributed by atoms with E-state index in [1.807, 2.05) is 0 Å². The molecule has 0 bridgehead atoms. The standard InChI is InChI=1S/C32H32F3N5O5/c1-31(2,3)45-29(42)20-11-13-23(14-12-20)44-25-10-6-9-24-26(25)40(39-27(24)32(33,34)35)22-8-5-7-21(15-22)28(41)36-16-19-17-37-30(43-4)38-18-19/h5,7-8,11-15,17-18,25H,6,9-10,16H2,1-4H3,(H,36,41). The number of esters is 1. The third kappa shape index (κ3) is 7.41. The van der Waals surface area contributed by atoms with E-state index in [-0.39, 0.29) is 41.5 Å². The van der Waals surface area contributed by atoms with Gasteiger partial charge in [0.25, 0.3) is 5.91 Å². The van der Waals surface area contributed by atoms with Gasteiger partial charge in [-0.15, -0.1) is 0 Å². The summed E-state index contributed by atoms with van der Waals surface area (Å²) in [6.07, 6.45) is -1.36. The number of benzene rings is 2. The van der Waals surface area contributed by atoms with Crippen molar-refractivity contribution in [1.29, 1.82) is 0 Å². The van der Waals surface area contributed by atoms with Gasteiger partial charge in [-0.3, -0.25) is 4.79 Å². The second kappa shape index (κ2) is 12.6. The number of alkyl halides is 3. The highest BCUT2D eigenvalue weighted by Crippen LogP contribution is 2.42. The summed E-state index contributed by atoms with van der Waals surface area (Å²) < 4.78 is 60.3. The minimum Gasteiger partial charge on any atom is -0.484 e. The molecule has 5 rings (SSSR count). The van der Waals surface area contributed by atoms with E-state index in [0.717, 1.165) is 0 Å². The molecule has 2 aromatic heterocycles. The van der Waals surface area contributed by atoms with E-state index in [0.29, 0.717) is 29.7 Å². The summed E-state index contributed by atoms with van der Waals surface area (Å²) in [6.45, 7) is 5.43. The van der Waals surface area contributed by atoms with Crippen molar-refractivity contribution in [3.05, 3.63) is 94.6 Å². The molecule has 0 fully saturated rings. The zero-order valence-corrected chi connectivity index (χ0v) is 25.1. The zero-order chi connectivity index (χ0) is 32.4. The van der Waals surface area contributed by atoms with Crippen molar-refractivity contribution in [2.45, 2.75) is 64.5 Å². The molecule has 0 radical (unpaired) electrons. The molecule has 0 aliphatic heterocycles. The van der Waals surface area contributed by atoms with Crippen molar-refractivity contribution in [2.24, 2.45) is 0 Å². The number of halogens is 3. The normalized spacial score (nSPS) is 14.8. The van der Waals surface area contributed by atoms with Gasteiger partial charge in [-0.05, 0) is 82.5 Å². The molecule has 2 aromatic carbocycles. The summed E-state index contributed by atoms with van der Waals surface area (Å²) in [5.74, 6) is -0.567. The maximum absolute atomic E-state index is 14.2. The first-order chi connectivity index (χ1) is 21.3. The summed E-state index contributed by atoms with van der Waals surface area (Å²) in [4.78, 5) is 33.4. The molecule has 4 aromatic rings. The van der Waals surface area contributed by atoms with Crippen LogP contribution in [0.2, 0.25) is 0 Å². The highest BCUT2D eigenvalue weighted by molar-refractivity contribution is 5.94. The molecule has 0 saturated heterocycles. The SMILES string of the molecule is COc1ncc(CNC(=O)c2cccc(-n3nc(C(F)(F)F)c4c3C(Oc3ccc(C(=O)OC(C)(C)C)cc3)CCC4)c2)cn1. The van der Waals surface area contributed by atoms with Crippen molar-refractivity contribution in [3.63, 3.8) is 0 Å². The Morgan fingerprint density at radius 1 is 1.02 bits per heavy atom. The fourth-order valence-electron chi connectivity index (χ4n) is 4.95. The van der Waals surface area contributed by atoms with Gasteiger partial charge in [0.05, 0.1) is 24.1 Å². The van der Waals surface area contributed by atoms with Crippen LogP contribution >= 0.6 is 0 Å². The Bertz CT molecular complexity index is 1680. The lowest BCUT2D eigenvalue weighted by Crippen LogP contribution is -2.24. The summed E-state index contributed by atoms with van der Waals surface area (Å²) in [7, 11) is 1.44. The Labute approximate surface area is 257 Å². The molecule has 1 atom stereocenters. The monoisotopic (exact) mass is 623 g/mol. The van der Waals surface area contributed by atoms with Crippen LogP contribution in [0.25, 0.3) is 5.69 Å². The number of methoxy groups -OCH3 is 1. The van der Waals surface area contributed by atoms with Gasteiger partial charge < -0.3 is 19.5 Å². The fraction of sp³-hybridized carbons (Fsp3) is 0.344. The number of ether oxygens (including phenoxy) is 3. The molecule has 13 heteroatoms. The van der Waals surface area contributed by atoms with Gasteiger partial charge in [0.1, 0.15) is 17.5 Å². The molecule has 1 unspecified atom stereocenters. The number of aromatic nitrogens is 4. The molecule has 236 valence electrons. The lowest BCUT2D eigenvalue weighted by Gasteiger charge is -2.26. The van der Waals surface area contributed by atoms with E-state index in [9.17, 15) is 22.8 Å². The Hall–Kier alpha value is -4.94. The second-order valence-corrected chi connectivity index (χ2v) is 11.5. The number of fused-ring (bicyclic) bond motifs is 1. The van der Waals surface area contributed by atoms with Gasteiger partial charge in [-0.1, -0.05) is 6.07 Å². The molecular weight excluding hydrogens is 591 g/mol. The molecule has 0 saturated carbocycles. The third-order valence-electron chi connectivity index (χ3n) is 6.93. The predicted molar refractivity (Wildman–Crippen MR) is 156 cm³/mol. The highest BCUT2D eigenvalue weighted by atomic mass is 19.4. The molecule has 1 aliphatic carbocycles. The minimum atomic E-state index is -4.69. The Kier molecular flexibility index (Phi) is 8.80. The molecule has 0 spiro atoms. The first-order valence-corrected chi connectivity index (χ1v) is 14.2. The molecule has 45 heavy (non-hydrogen) atoms. The Morgan fingerprint density at radius 3 is 2.38 bits per heavy atom. The molecule has 1 aliphatic rings. The summed E-state index contributed by atoms with van der Waals surface area (Å²) >= 11 is 0. The fourth-order valence-corrected chi connectivity index (χ4v) is 4.95. The lowest BCUT2D eigenvalue weighted by molar-refractivity contribution is -0.142. The number of carbonyl (C=O) groups is 2. The lowest BCUT2D eigenvalue weighted by atomic mass is 9.92. The predicted octanol–water partition coefficient (Wildman–Crippen LogP) is 6.03. The van der Waals surface area contributed by atoms with Crippen LogP contribution in [-0.4, -0.2) is 44.3 Å². The van der Waals surface area contributed by atoms with Gasteiger partial charge in [-0.25, -0.2) is 19.4 Å². The number of nitrogens with one attached hydrogen (secondary N) is 1. The van der Waals surface area contributed by atoms with Crippen molar-refractivity contribution in [2.75, 3.05) is 7.11 Å². The maximum atomic E-state index is 14.2. The number of nitrogens with zero attached hydrogens (tertiary/aromatic N) is 4. The maximum Gasteiger partial charge on any atom is 0.435 e. The number of hydrogen-bond acceptors (Lipinski definition) is 8. The smallest absolute Gasteiger partial charge is 0.435 e. The van der Waals surface area contributed by atoms with Crippen LogP contribution in [0.1, 0.15) is 82.9 Å². The van der Waals surface area contributed by atoms with Crippen molar-refractivity contribution < 1.29 is 37.0 Å². The molecule has 1 N–H and O–H groups in total. The molecule has 10 nitrogen and oxygen atoms in total. The zero-order valence-electron chi connectivity index (χ0n) is 25.1. The van der Waals surface area contributed by atoms with E-state index in [1.54, 1.807) is 63.2 Å². The van der Waals surface area contributed by atoms with Gasteiger partial charge in [0.15, 0.2) is 5.69 Å². The number of rotatable bonds is 8. The molecular formula is C32H32F3N5O5. The van der Waals surface area contributed by atoms with Crippen molar-refractivity contribution in [3.8, 4) is 17.4 Å². The molecule has 1 amide bonds. The van der Waals surface area contributed by atoms with Gasteiger partial charge in [0.2, 0.25) is 0 Å². The van der Waals surface area contributed by atoms with E-state index in [2.05, 4.69) is 20.4 Å². The Balaban J connectivity index is 1.41. The van der Waals surface area contributed by atoms with Crippen LogP contribution < -0.4 is 14.8 Å². The van der Waals surface area contributed by atoms with Crippen molar-refractivity contribution >= 4 is 11.9 Å². The van der Waals surface area contributed by atoms with Crippen LogP contribution in [0, 0.1) is 0 Å². The number of carbonyl (C=O) groups excluding carboxylic acids is 2. The first kappa shape index (κ1) is 31.5. The topological polar surface area (TPSA) is 117 Å². The molecule has 2 heterocycles. The van der Waals surface area contributed by atoms with E-state index >= 15 is 0 Å². The average molecular weight is 624 g/mol. The Morgan fingerprint density at radius 2 is 1.73 bits per heavy atom. The highest BCUT2D eigenvalue weighted by Gasteiger charge is 2.42. The number of amides is 1. The van der Waals surface area contributed by atoms with Gasteiger partial charge in [-0.2, -0.15) is 18.3 Å². The average Bonchev–Trinajstić information content (AvgIpc) is 3.41. The van der Waals surface area contributed by atoms with E-state index in [4.69, 9.17) is 14.2 Å². The summed E-state index contributed by atoms with van der Waals surface area (Å²) in [5, 5.41) is 6.76. The van der Waals surface area contributed by atoms with Gasteiger partial charge >= 0.3 is 18.2 Å². The van der Waals surface area contributed by atoms with Crippen LogP contribution in [0.5, 0.6) is 11.8 Å². The van der Waals surface area contributed by atoms with Gasteiger partial charge in [0, 0.05) is 35.6 Å². The minimum absolute atomic E-state index is 0.0542. The van der Waals surface area contributed by atoms with E-state index in [1.165, 1.54) is 30.3 Å². The largest absolute Gasteiger partial charge is 0.484 e. The summed E-state index contributed by atoms with van der Waals surface area (Å²) in [5.41, 5.74) is 0.124.